The van der Waals surface area contributed by atoms with E-state index in [0.717, 1.165) is 36.4 Å². The normalized spacial score (nSPS) is 24.3. The average Bonchev–Trinajstić information content (AvgIpc) is 3.48. The first kappa shape index (κ1) is 18.8. The summed E-state index contributed by atoms with van der Waals surface area (Å²) in [5.41, 5.74) is 7.42. The number of nitrogens with one attached hydrogen (secondary N) is 2. The molecule has 6 rings (SSSR count). The Morgan fingerprint density at radius 3 is 3.00 bits per heavy atom. The summed E-state index contributed by atoms with van der Waals surface area (Å²) in [5, 5.41) is 17.0. The van der Waals surface area contributed by atoms with Crippen molar-refractivity contribution < 1.29 is 4.74 Å². The summed E-state index contributed by atoms with van der Waals surface area (Å²) in [6.07, 6.45) is 2.04. The van der Waals surface area contributed by atoms with Crippen LogP contribution in [0.5, 0.6) is 0 Å². The first-order valence-corrected chi connectivity index (χ1v) is 12.1. The topological polar surface area (TPSA) is 67.2 Å². The van der Waals surface area contributed by atoms with Crippen LogP contribution in [0.25, 0.3) is 5.00 Å². The molecule has 7 nitrogen and oxygen atoms in total. The summed E-state index contributed by atoms with van der Waals surface area (Å²) in [4.78, 5) is 1.33. The van der Waals surface area contributed by atoms with Crippen LogP contribution in [-0.4, -0.2) is 27.0 Å². The van der Waals surface area contributed by atoms with Gasteiger partial charge < -0.3 is 4.74 Å². The first-order chi connectivity index (χ1) is 14.7. The molecule has 1 saturated heterocycles. The van der Waals surface area contributed by atoms with Crippen molar-refractivity contribution in [1.29, 1.82) is 0 Å². The number of thioether (sulfide) groups is 1. The van der Waals surface area contributed by atoms with E-state index in [1.165, 1.54) is 26.6 Å². The summed E-state index contributed by atoms with van der Waals surface area (Å²) in [7, 11) is 0. The zero-order chi connectivity index (χ0) is 20.3. The highest BCUT2D eigenvalue weighted by Crippen LogP contribution is 2.49. The SMILES string of the molecule is CC[C@]1(C)Cc2c(sc3c2C2NCNN2c2nnc(SCc4ccccc4)n2-3)CO1. The van der Waals surface area contributed by atoms with Gasteiger partial charge in [0.15, 0.2) is 5.16 Å². The first-order valence-electron chi connectivity index (χ1n) is 10.3. The minimum absolute atomic E-state index is 0.0860. The van der Waals surface area contributed by atoms with Crippen LogP contribution in [-0.2, 0) is 23.5 Å². The molecule has 0 aliphatic carbocycles. The van der Waals surface area contributed by atoms with Gasteiger partial charge in [-0.05, 0) is 24.5 Å². The molecule has 0 radical (unpaired) electrons. The minimum atomic E-state index is -0.100. The monoisotopic (exact) mass is 440 g/mol. The highest BCUT2D eigenvalue weighted by molar-refractivity contribution is 7.98. The maximum Gasteiger partial charge on any atom is 0.249 e. The Hall–Kier alpha value is -1.91. The van der Waals surface area contributed by atoms with Crippen LogP contribution in [0.3, 0.4) is 0 Å². The molecule has 156 valence electrons. The summed E-state index contributed by atoms with van der Waals surface area (Å²) in [6, 6.07) is 10.5. The number of anilines is 1. The fourth-order valence-corrected chi connectivity index (χ4v) is 6.61. The number of benzene rings is 1. The molecule has 0 spiro atoms. The molecule has 2 N–H and O–H groups in total. The number of rotatable bonds is 4. The Morgan fingerprint density at radius 1 is 1.30 bits per heavy atom. The predicted molar refractivity (Wildman–Crippen MR) is 119 cm³/mol. The third kappa shape index (κ3) is 2.84. The van der Waals surface area contributed by atoms with Gasteiger partial charge >= 0.3 is 0 Å². The summed E-state index contributed by atoms with van der Waals surface area (Å²) < 4.78 is 8.48. The van der Waals surface area contributed by atoms with E-state index in [0.29, 0.717) is 6.61 Å². The van der Waals surface area contributed by atoms with E-state index >= 15 is 0 Å². The van der Waals surface area contributed by atoms with E-state index in [1.54, 1.807) is 11.8 Å². The fourth-order valence-electron chi connectivity index (χ4n) is 4.40. The van der Waals surface area contributed by atoms with Crippen molar-refractivity contribution in [2.24, 2.45) is 0 Å². The zero-order valence-corrected chi connectivity index (χ0v) is 18.6. The predicted octanol–water partition coefficient (Wildman–Crippen LogP) is 3.75. The second kappa shape index (κ2) is 7.06. The largest absolute Gasteiger partial charge is 0.369 e. The minimum Gasteiger partial charge on any atom is -0.369 e. The molecule has 30 heavy (non-hydrogen) atoms. The van der Waals surface area contributed by atoms with Gasteiger partial charge in [0.25, 0.3) is 0 Å². The fraction of sp³-hybridized carbons (Fsp3) is 0.429. The average molecular weight is 441 g/mol. The smallest absolute Gasteiger partial charge is 0.249 e. The maximum atomic E-state index is 6.25. The lowest BCUT2D eigenvalue weighted by molar-refractivity contribution is -0.0549. The van der Waals surface area contributed by atoms with Gasteiger partial charge in [-0.3, -0.25) is 10.3 Å². The van der Waals surface area contributed by atoms with E-state index in [9.17, 15) is 0 Å². The lowest BCUT2D eigenvalue weighted by Gasteiger charge is -2.35. The van der Waals surface area contributed by atoms with Gasteiger partial charge in [0, 0.05) is 22.6 Å². The van der Waals surface area contributed by atoms with E-state index in [-0.39, 0.29) is 11.8 Å². The molecule has 1 unspecified atom stereocenters. The molecule has 2 aromatic heterocycles. The van der Waals surface area contributed by atoms with Crippen molar-refractivity contribution in [2.75, 3.05) is 11.7 Å². The van der Waals surface area contributed by atoms with Crippen molar-refractivity contribution in [2.45, 2.75) is 56.0 Å². The molecule has 3 aliphatic rings. The van der Waals surface area contributed by atoms with Crippen LogP contribution in [0.15, 0.2) is 35.5 Å². The van der Waals surface area contributed by atoms with Crippen LogP contribution in [0.4, 0.5) is 5.95 Å². The molecular formula is C21H24N6OS2. The number of nitrogens with zero attached hydrogens (tertiary/aromatic N) is 4. The molecule has 3 aliphatic heterocycles. The number of aromatic nitrogens is 3. The van der Waals surface area contributed by atoms with Gasteiger partial charge in [0.2, 0.25) is 5.95 Å². The Morgan fingerprint density at radius 2 is 2.17 bits per heavy atom. The number of thiophene rings is 1. The maximum absolute atomic E-state index is 6.25. The summed E-state index contributed by atoms with van der Waals surface area (Å²) in [5.74, 6) is 1.72. The van der Waals surface area contributed by atoms with Gasteiger partial charge in [-0.2, -0.15) is 0 Å². The second-order valence-electron chi connectivity index (χ2n) is 8.20. The zero-order valence-electron chi connectivity index (χ0n) is 17.0. The van der Waals surface area contributed by atoms with Crippen molar-refractivity contribution >= 4 is 29.0 Å². The van der Waals surface area contributed by atoms with Gasteiger partial charge in [0.05, 0.1) is 18.9 Å². The lowest BCUT2D eigenvalue weighted by atomic mass is 9.88. The molecule has 0 saturated carbocycles. The Balaban J connectivity index is 1.44. The third-order valence-corrected chi connectivity index (χ3v) is 8.49. The van der Waals surface area contributed by atoms with Crippen LogP contribution in [0.2, 0.25) is 0 Å². The number of fused-ring (bicyclic) bond motifs is 8. The number of hydrogen-bond acceptors (Lipinski definition) is 8. The highest BCUT2D eigenvalue weighted by Gasteiger charge is 2.44. The van der Waals surface area contributed by atoms with Crippen molar-refractivity contribution in [3.05, 3.63) is 51.9 Å². The lowest BCUT2D eigenvalue weighted by Crippen LogP contribution is -2.40. The number of hydrogen-bond donors (Lipinski definition) is 2. The molecule has 0 amide bonds. The second-order valence-corrected chi connectivity index (χ2v) is 10.2. The van der Waals surface area contributed by atoms with Gasteiger partial charge in [-0.1, -0.05) is 49.0 Å². The Bertz CT molecular complexity index is 1100. The molecular weight excluding hydrogens is 416 g/mol. The van der Waals surface area contributed by atoms with Gasteiger partial charge in [-0.15, -0.1) is 21.5 Å². The molecule has 1 fully saturated rings. The van der Waals surface area contributed by atoms with Crippen LogP contribution in [0, 0.1) is 0 Å². The molecule has 9 heteroatoms. The molecule has 1 aromatic carbocycles. The van der Waals surface area contributed by atoms with E-state index in [4.69, 9.17) is 4.74 Å². The molecule has 3 aromatic rings. The molecule has 5 heterocycles. The van der Waals surface area contributed by atoms with Crippen molar-refractivity contribution in [3.63, 3.8) is 0 Å². The third-order valence-electron chi connectivity index (χ3n) is 6.28. The number of hydrazine groups is 1. The molecule has 0 bridgehead atoms. The Kier molecular flexibility index (Phi) is 4.43. The van der Waals surface area contributed by atoms with E-state index in [2.05, 4.69) is 68.6 Å². The quantitative estimate of drug-likeness (QED) is 0.599. The van der Waals surface area contributed by atoms with Crippen molar-refractivity contribution in [1.82, 2.24) is 25.5 Å². The van der Waals surface area contributed by atoms with Crippen LogP contribution >= 0.6 is 23.1 Å². The summed E-state index contributed by atoms with van der Waals surface area (Å²) in [6.45, 7) is 5.84. The summed E-state index contributed by atoms with van der Waals surface area (Å²) >= 11 is 3.56. The van der Waals surface area contributed by atoms with Crippen molar-refractivity contribution in [3.8, 4) is 5.00 Å². The Labute approximate surface area is 183 Å². The van der Waals surface area contributed by atoms with Gasteiger partial charge in [-0.25, -0.2) is 9.99 Å². The highest BCUT2D eigenvalue weighted by atomic mass is 32.2. The standard InChI is InChI=1S/C21H24N6OS2/c1-3-21(2)9-14-15(10-28-21)30-18-16(14)17-22-12-23-27(17)19-24-25-20(26(18)19)29-11-13-7-5-4-6-8-13/h4-8,17,22-23H,3,9-12H2,1-2H3/t17?,21-/m1/s1. The van der Waals surface area contributed by atoms with Crippen LogP contribution < -0.4 is 15.8 Å². The van der Waals surface area contributed by atoms with Gasteiger partial charge in [0.1, 0.15) is 11.2 Å². The van der Waals surface area contributed by atoms with Crippen LogP contribution in [0.1, 0.15) is 48.0 Å². The molecule has 2 atom stereocenters. The number of ether oxygens (including phenoxy) is 1. The van der Waals surface area contributed by atoms with E-state index in [1.807, 2.05) is 17.4 Å². The van der Waals surface area contributed by atoms with E-state index < -0.39 is 0 Å².